The molecule has 10 heteroatoms. The predicted molar refractivity (Wildman–Crippen MR) is 109 cm³/mol. The molecule has 0 aliphatic heterocycles. The Bertz CT molecular complexity index is 1220. The average molecular weight is 454 g/mol. The highest BCUT2D eigenvalue weighted by Crippen LogP contribution is 2.25. The number of rotatable bonds is 5. The van der Waals surface area contributed by atoms with Crippen LogP contribution in [0.4, 0.5) is 11.4 Å². The highest BCUT2D eigenvalue weighted by atomic mass is 79.9. The van der Waals surface area contributed by atoms with Crippen molar-refractivity contribution in [2.75, 3.05) is 5.32 Å². The smallest absolute Gasteiger partial charge is 0.276 e. The Morgan fingerprint density at radius 3 is 2.76 bits per heavy atom. The Balaban J connectivity index is 1.50. The maximum Gasteiger partial charge on any atom is 0.276 e. The van der Waals surface area contributed by atoms with Crippen LogP contribution < -0.4 is 10.1 Å². The van der Waals surface area contributed by atoms with Crippen molar-refractivity contribution >= 4 is 44.1 Å². The average Bonchev–Trinajstić information content (AvgIpc) is 3.13. The zero-order valence-electron chi connectivity index (χ0n) is 14.6. The van der Waals surface area contributed by atoms with Crippen molar-refractivity contribution in [1.29, 1.82) is 0 Å². The van der Waals surface area contributed by atoms with E-state index in [1.54, 1.807) is 24.3 Å². The van der Waals surface area contributed by atoms with Gasteiger partial charge in [0.15, 0.2) is 5.69 Å². The van der Waals surface area contributed by atoms with Gasteiger partial charge in [-0.15, -0.1) is 0 Å². The molecular weight excluding hydrogens is 442 g/mol. The summed E-state index contributed by atoms with van der Waals surface area (Å²) < 4.78 is 6.53. The molecule has 2 heterocycles. The molecule has 0 unspecified atom stereocenters. The summed E-state index contributed by atoms with van der Waals surface area (Å²) in [5, 5.41) is 20.7. The van der Waals surface area contributed by atoms with Crippen LogP contribution in [0.1, 0.15) is 10.5 Å². The standard InChI is InChI=1S/C19H12BrN5O4/c20-11-2-1-3-14(8-11)29-17-7-4-12(10-21-17)22-19(26)18-15-9-13(25(27)28)5-6-16(15)23-24-18/h1-10H,(H,22,26)(H,23,24). The number of halogens is 1. The highest BCUT2D eigenvalue weighted by Gasteiger charge is 2.17. The first-order valence-corrected chi connectivity index (χ1v) is 9.12. The van der Waals surface area contributed by atoms with Gasteiger partial charge in [-0.25, -0.2) is 4.98 Å². The molecule has 0 saturated heterocycles. The van der Waals surface area contributed by atoms with Gasteiger partial charge >= 0.3 is 0 Å². The van der Waals surface area contributed by atoms with Crippen LogP contribution in [-0.4, -0.2) is 26.0 Å². The number of anilines is 1. The second-order valence-electron chi connectivity index (χ2n) is 5.96. The van der Waals surface area contributed by atoms with Gasteiger partial charge in [-0.2, -0.15) is 5.10 Å². The largest absolute Gasteiger partial charge is 0.439 e. The number of hydrogen-bond acceptors (Lipinski definition) is 6. The van der Waals surface area contributed by atoms with E-state index in [2.05, 4.69) is 36.4 Å². The minimum Gasteiger partial charge on any atom is -0.439 e. The van der Waals surface area contributed by atoms with E-state index in [0.29, 0.717) is 28.2 Å². The number of aromatic nitrogens is 3. The summed E-state index contributed by atoms with van der Waals surface area (Å²) in [6.45, 7) is 0. The number of fused-ring (bicyclic) bond motifs is 1. The van der Waals surface area contributed by atoms with Gasteiger partial charge in [0, 0.05) is 28.1 Å². The molecule has 0 fully saturated rings. The van der Waals surface area contributed by atoms with E-state index in [4.69, 9.17) is 4.74 Å². The molecule has 29 heavy (non-hydrogen) atoms. The van der Waals surface area contributed by atoms with Crippen LogP contribution in [0.15, 0.2) is 65.3 Å². The Morgan fingerprint density at radius 1 is 1.17 bits per heavy atom. The molecule has 0 aliphatic rings. The maximum absolute atomic E-state index is 12.6. The quantitative estimate of drug-likeness (QED) is 0.334. The molecule has 0 atom stereocenters. The molecule has 4 rings (SSSR count). The number of benzene rings is 2. The number of amides is 1. The van der Waals surface area contributed by atoms with Crippen LogP contribution in [0.5, 0.6) is 11.6 Å². The number of nitrogens with zero attached hydrogens (tertiary/aromatic N) is 3. The fraction of sp³-hybridized carbons (Fsp3) is 0. The first-order chi connectivity index (χ1) is 14.0. The van der Waals surface area contributed by atoms with Crippen LogP contribution in [0.2, 0.25) is 0 Å². The lowest BCUT2D eigenvalue weighted by Gasteiger charge is -2.07. The van der Waals surface area contributed by atoms with E-state index < -0.39 is 10.8 Å². The zero-order chi connectivity index (χ0) is 20.4. The third-order valence-electron chi connectivity index (χ3n) is 3.99. The number of non-ortho nitro benzene ring substituents is 1. The summed E-state index contributed by atoms with van der Waals surface area (Å²) in [5.74, 6) is 0.467. The number of pyridine rings is 1. The molecule has 0 radical (unpaired) electrons. The number of carbonyl (C=O) groups is 1. The Labute approximate surface area is 172 Å². The topological polar surface area (TPSA) is 123 Å². The van der Waals surface area contributed by atoms with Gasteiger partial charge in [0.1, 0.15) is 5.75 Å². The van der Waals surface area contributed by atoms with E-state index in [9.17, 15) is 14.9 Å². The molecule has 4 aromatic rings. The van der Waals surface area contributed by atoms with Crippen molar-refractivity contribution in [3.05, 3.63) is 81.1 Å². The lowest BCUT2D eigenvalue weighted by molar-refractivity contribution is -0.384. The number of H-pyrrole nitrogens is 1. The Hall–Kier alpha value is -3.79. The van der Waals surface area contributed by atoms with Crippen molar-refractivity contribution in [1.82, 2.24) is 15.2 Å². The summed E-state index contributed by atoms with van der Waals surface area (Å²) in [7, 11) is 0. The van der Waals surface area contributed by atoms with Crippen molar-refractivity contribution in [2.45, 2.75) is 0 Å². The lowest BCUT2D eigenvalue weighted by Crippen LogP contribution is -2.13. The second kappa shape index (κ2) is 7.68. The number of ether oxygens (including phenoxy) is 1. The molecule has 0 spiro atoms. The van der Waals surface area contributed by atoms with E-state index in [1.807, 2.05) is 12.1 Å². The number of hydrogen-bond donors (Lipinski definition) is 2. The van der Waals surface area contributed by atoms with Gasteiger partial charge in [-0.3, -0.25) is 20.0 Å². The molecule has 0 aliphatic carbocycles. The maximum atomic E-state index is 12.6. The number of aromatic amines is 1. The molecule has 0 bridgehead atoms. The molecule has 2 aromatic heterocycles. The molecule has 9 nitrogen and oxygen atoms in total. The van der Waals surface area contributed by atoms with E-state index >= 15 is 0 Å². The summed E-state index contributed by atoms with van der Waals surface area (Å²) >= 11 is 3.37. The fourth-order valence-corrected chi connectivity index (χ4v) is 3.02. The fourth-order valence-electron chi connectivity index (χ4n) is 2.64. The number of carbonyl (C=O) groups excluding carboxylic acids is 1. The summed E-state index contributed by atoms with van der Waals surface area (Å²) in [5.41, 5.74) is 0.886. The zero-order valence-corrected chi connectivity index (χ0v) is 16.2. The van der Waals surface area contributed by atoms with Crippen LogP contribution in [0.25, 0.3) is 10.9 Å². The van der Waals surface area contributed by atoms with E-state index in [1.165, 1.54) is 24.4 Å². The number of nitro groups is 1. The van der Waals surface area contributed by atoms with Crippen LogP contribution in [0.3, 0.4) is 0 Å². The van der Waals surface area contributed by atoms with E-state index in [0.717, 1.165) is 4.47 Å². The Kier molecular flexibility index (Phi) is 4.92. The SMILES string of the molecule is O=C(Nc1ccc(Oc2cccc(Br)c2)nc1)c1n[nH]c2ccc([N+](=O)[O-])cc12. The first-order valence-electron chi connectivity index (χ1n) is 8.33. The molecule has 2 N–H and O–H groups in total. The summed E-state index contributed by atoms with van der Waals surface area (Å²) in [6.07, 6.45) is 1.45. The lowest BCUT2D eigenvalue weighted by atomic mass is 10.2. The summed E-state index contributed by atoms with van der Waals surface area (Å²) in [4.78, 5) is 27.2. The van der Waals surface area contributed by atoms with Crippen molar-refractivity contribution in [3.63, 3.8) is 0 Å². The third kappa shape index (κ3) is 4.06. The van der Waals surface area contributed by atoms with Crippen molar-refractivity contribution in [3.8, 4) is 11.6 Å². The van der Waals surface area contributed by atoms with E-state index in [-0.39, 0.29) is 11.4 Å². The van der Waals surface area contributed by atoms with Gasteiger partial charge in [-0.1, -0.05) is 22.0 Å². The third-order valence-corrected chi connectivity index (χ3v) is 4.48. The molecule has 2 aromatic carbocycles. The Morgan fingerprint density at radius 2 is 2.03 bits per heavy atom. The number of nitro benzene ring substituents is 1. The van der Waals surface area contributed by atoms with Gasteiger partial charge in [0.05, 0.1) is 22.3 Å². The normalized spacial score (nSPS) is 10.7. The van der Waals surface area contributed by atoms with Gasteiger partial charge in [0.25, 0.3) is 11.6 Å². The van der Waals surface area contributed by atoms with Crippen molar-refractivity contribution < 1.29 is 14.5 Å². The van der Waals surface area contributed by atoms with Crippen LogP contribution >= 0.6 is 15.9 Å². The van der Waals surface area contributed by atoms with Crippen LogP contribution in [-0.2, 0) is 0 Å². The highest BCUT2D eigenvalue weighted by molar-refractivity contribution is 9.10. The second-order valence-corrected chi connectivity index (χ2v) is 6.87. The van der Waals surface area contributed by atoms with Crippen molar-refractivity contribution in [2.24, 2.45) is 0 Å². The minimum atomic E-state index is -0.526. The molecule has 1 amide bonds. The molecule has 144 valence electrons. The van der Waals surface area contributed by atoms with Gasteiger partial charge in [0.2, 0.25) is 5.88 Å². The number of nitrogens with one attached hydrogen (secondary N) is 2. The minimum absolute atomic E-state index is 0.0539. The summed E-state index contributed by atoms with van der Waals surface area (Å²) in [6, 6.07) is 14.7. The first kappa shape index (κ1) is 18.6. The van der Waals surface area contributed by atoms with Gasteiger partial charge in [-0.05, 0) is 30.3 Å². The van der Waals surface area contributed by atoms with Crippen LogP contribution in [0, 0.1) is 10.1 Å². The monoisotopic (exact) mass is 453 g/mol. The molecule has 0 saturated carbocycles. The van der Waals surface area contributed by atoms with Gasteiger partial charge < -0.3 is 10.1 Å². The predicted octanol–water partition coefficient (Wildman–Crippen LogP) is 4.67. The molecular formula is C19H12BrN5O4.